The SMILES string of the molecule is CCOc1ccc([C@H]2NC(=O)NC(CS(=O)(=O)c3ccc(C(C)(C)C)cc3)=C2C(=O)OC)cc1. The number of nitrogens with one attached hydrogen (secondary N) is 2. The monoisotopic (exact) mass is 486 g/mol. The van der Waals surface area contributed by atoms with E-state index in [1.165, 1.54) is 7.11 Å². The molecule has 182 valence electrons. The van der Waals surface area contributed by atoms with Gasteiger partial charge < -0.3 is 20.1 Å². The van der Waals surface area contributed by atoms with Gasteiger partial charge >= 0.3 is 12.0 Å². The maximum Gasteiger partial charge on any atom is 0.338 e. The number of carbonyl (C=O) groups is 2. The minimum Gasteiger partial charge on any atom is -0.494 e. The first kappa shape index (κ1) is 25.3. The van der Waals surface area contributed by atoms with Crippen molar-refractivity contribution in [3.05, 3.63) is 70.9 Å². The molecule has 1 atom stereocenters. The number of urea groups is 1. The first-order valence-electron chi connectivity index (χ1n) is 10.9. The molecule has 0 unspecified atom stereocenters. The van der Waals surface area contributed by atoms with E-state index >= 15 is 0 Å². The van der Waals surface area contributed by atoms with Crippen LogP contribution in [0.15, 0.2) is 64.7 Å². The van der Waals surface area contributed by atoms with E-state index < -0.39 is 33.6 Å². The zero-order valence-corrected chi connectivity index (χ0v) is 20.8. The van der Waals surface area contributed by atoms with Crippen molar-refractivity contribution in [1.29, 1.82) is 0 Å². The number of esters is 1. The van der Waals surface area contributed by atoms with Gasteiger partial charge in [0.15, 0.2) is 9.84 Å². The first-order chi connectivity index (χ1) is 16.0. The Morgan fingerprint density at radius 1 is 1.03 bits per heavy atom. The molecule has 2 N–H and O–H groups in total. The molecule has 0 fully saturated rings. The maximum absolute atomic E-state index is 13.2. The minimum atomic E-state index is -3.87. The van der Waals surface area contributed by atoms with Gasteiger partial charge in [-0.05, 0) is 47.7 Å². The van der Waals surface area contributed by atoms with Crippen LogP contribution in [0.4, 0.5) is 4.79 Å². The van der Waals surface area contributed by atoms with E-state index in [0.717, 1.165) is 5.56 Å². The fourth-order valence-electron chi connectivity index (χ4n) is 3.69. The van der Waals surface area contributed by atoms with Gasteiger partial charge in [0, 0.05) is 5.70 Å². The molecular weight excluding hydrogens is 456 g/mol. The van der Waals surface area contributed by atoms with Crippen LogP contribution in [-0.2, 0) is 24.8 Å². The lowest BCUT2D eigenvalue weighted by molar-refractivity contribution is -0.136. The molecule has 2 aromatic rings. The topological polar surface area (TPSA) is 111 Å². The molecule has 2 amide bonds. The van der Waals surface area contributed by atoms with Crippen molar-refractivity contribution in [3.8, 4) is 5.75 Å². The van der Waals surface area contributed by atoms with E-state index in [9.17, 15) is 18.0 Å². The first-order valence-corrected chi connectivity index (χ1v) is 12.6. The van der Waals surface area contributed by atoms with Crippen LogP contribution >= 0.6 is 0 Å². The molecule has 0 saturated carbocycles. The van der Waals surface area contributed by atoms with E-state index in [0.29, 0.717) is 17.9 Å². The quantitative estimate of drug-likeness (QED) is 0.578. The van der Waals surface area contributed by atoms with Gasteiger partial charge in [0.25, 0.3) is 0 Å². The fraction of sp³-hybridized carbons (Fsp3) is 0.360. The molecule has 0 radical (unpaired) electrons. The van der Waals surface area contributed by atoms with Crippen LogP contribution in [0, 0.1) is 0 Å². The van der Waals surface area contributed by atoms with Crippen molar-refractivity contribution >= 4 is 21.8 Å². The average Bonchev–Trinajstić information content (AvgIpc) is 2.78. The summed E-state index contributed by atoms with van der Waals surface area (Å²) in [6.45, 7) is 8.47. The van der Waals surface area contributed by atoms with Gasteiger partial charge in [-0.25, -0.2) is 18.0 Å². The van der Waals surface area contributed by atoms with Crippen LogP contribution in [0.5, 0.6) is 5.75 Å². The Morgan fingerprint density at radius 2 is 1.65 bits per heavy atom. The van der Waals surface area contributed by atoms with E-state index in [1.807, 2.05) is 27.7 Å². The van der Waals surface area contributed by atoms with Crippen molar-refractivity contribution in [1.82, 2.24) is 10.6 Å². The summed E-state index contributed by atoms with van der Waals surface area (Å²) in [7, 11) is -2.66. The summed E-state index contributed by atoms with van der Waals surface area (Å²) < 4.78 is 36.8. The fourth-order valence-corrected chi connectivity index (χ4v) is 5.02. The van der Waals surface area contributed by atoms with Gasteiger partial charge in [-0.3, -0.25) is 0 Å². The largest absolute Gasteiger partial charge is 0.494 e. The third kappa shape index (κ3) is 5.59. The van der Waals surface area contributed by atoms with Gasteiger partial charge in [-0.2, -0.15) is 0 Å². The Morgan fingerprint density at radius 3 is 2.18 bits per heavy atom. The van der Waals surface area contributed by atoms with Crippen LogP contribution in [0.25, 0.3) is 0 Å². The maximum atomic E-state index is 13.2. The average molecular weight is 487 g/mol. The molecule has 0 aromatic heterocycles. The number of amides is 2. The number of rotatable bonds is 7. The molecule has 34 heavy (non-hydrogen) atoms. The van der Waals surface area contributed by atoms with Crippen LogP contribution in [-0.4, -0.2) is 39.9 Å². The van der Waals surface area contributed by atoms with Gasteiger partial charge in [0.05, 0.1) is 36.0 Å². The normalized spacial score (nSPS) is 16.5. The van der Waals surface area contributed by atoms with E-state index in [2.05, 4.69) is 10.6 Å². The summed E-state index contributed by atoms with van der Waals surface area (Å²) in [6.07, 6.45) is 0. The summed E-state index contributed by atoms with van der Waals surface area (Å²) in [5.74, 6) is -0.663. The lowest BCUT2D eigenvalue weighted by Gasteiger charge is -2.29. The minimum absolute atomic E-state index is 0.0191. The molecule has 9 heteroatoms. The van der Waals surface area contributed by atoms with Crippen molar-refractivity contribution in [2.75, 3.05) is 19.5 Å². The number of carbonyl (C=O) groups excluding carboxylic acids is 2. The predicted molar refractivity (Wildman–Crippen MR) is 128 cm³/mol. The molecule has 0 aliphatic carbocycles. The van der Waals surface area contributed by atoms with Crippen molar-refractivity contribution in [3.63, 3.8) is 0 Å². The van der Waals surface area contributed by atoms with E-state index in [-0.39, 0.29) is 21.6 Å². The number of sulfone groups is 1. The Bertz CT molecular complexity index is 1190. The molecule has 0 saturated heterocycles. The Kier molecular flexibility index (Phi) is 7.35. The number of hydrogen-bond acceptors (Lipinski definition) is 6. The summed E-state index contributed by atoms with van der Waals surface area (Å²) >= 11 is 0. The lowest BCUT2D eigenvalue weighted by atomic mass is 9.87. The third-order valence-electron chi connectivity index (χ3n) is 5.50. The molecule has 1 aliphatic rings. The summed E-state index contributed by atoms with van der Waals surface area (Å²) in [5, 5.41) is 5.18. The standard InChI is InChI=1S/C25H30N2O6S/c1-6-33-18-11-7-16(8-12-18)22-21(23(28)32-5)20(26-24(29)27-22)15-34(30,31)19-13-9-17(10-14-19)25(2,3)4/h7-14,22H,6,15H2,1-5H3,(H2,26,27,29)/t22-/m1/s1. The highest BCUT2D eigenvalue weighted by atomic mass is 32.2. The number of ether oxygens (including phenoxy) is 2. The third-order valence-corrected chi connectivity index (χ3v) is 7.16. The van der Waals surface area contributed by atoms with Gasteiger partial charge in [-0.15, -0.1) is 0 Å². The number of methoxy groups -OCH3 is 1. The highest BCUT2D eigenvalue weighted by Gasteiger charge is 2.35. The summed E-state index contributed by atoms with van der Waals surface area (Å²) in [5.41, 5.74) is 1.46. The second kappa shape index (κ2) is 9.89. The summed E-state index contributed by atoms with van der Waals surface area (Å²) in [4.78, 5) is 25.3. The van der Waals surface area contributed by atoms with Gasteiger partial charge in [0.2, 0.25) is 0 Å². The number of benzene rings is 2. The van der Waals surface area contributed by atoms with Crippen LogP contribution in [0.1, 0.15) is 44.9 Å². The molecule has 0 bridgehead atoms. The Balaban J connectivity index is 2.01. The highest BCUT2D eigenvalue weighted by molar-refractivity contribution is 7.91. The van der Waals surface area contributed by atoms with E-state index in [4.69, 9.17) is 9.47 Å². The molecular formula is C25H30N2O6S. The molecule has 3 rings (SSSR count). The van der Waals surface area contributed by atoms with Crippen LogP contribution in [0.2, 0.25) is 0 Å². The van der Waals surface area contributed by atoms with Crippen molar-refractivity contribution in [2.24, 2.45) is 0 Å². The zero-order chi connectivity index (χ0) is 25.1. The molecule has 1 heterocycles. The summed E-state index contributed by atoms with van der Waals surface area (Å²) in [6, 6.07) is 12.0. The Hall–Kier alpha value is -3.33. The number of hydrogen-bond donors (Lipinski definition) is 2. The highest BCUT2D eigenvalue weighted by Crippen LogP contribution is 2.31. The molecule has 8 nitrogen and oxygen atoms in total. The second-order valence-corrected chi connectivity index (χ2v) is 10.9. The Labute approximate surface area is 200 Å². The van der Waals surface area contributed by atoms with Gasteiger partial charge in [0.1, 0.15) is 5.75 Å². The van der Waals surface area contributed by atoms with Crippen LogP contribution in [0.3, 0.4) is 0 Å². The smallest absolute Gasteiger partial charge is 0.338 e. The lowest BCUT2D eigenvalue weighted by Crippen LogP contribution is -2.47. The van der Waals surface area contributed by atoms with Crippen LogP contribution < -0.4 is 15.4 Å². The second-order valence-electron chi connectivity index (χ2n) is 8.95. The van der Waals surface area contributed by atoms with Crippen molar-refractivity contribution < 1.29 is 27.5 Å². The molecule has 0 spiro atoms. The van der Waals surface area contributed by atoms with E-state index in [1.54, 1.807) is 48.5 Å². The zero-order valence-electron chi connectivity index (χ0n) is 20.0. The molecule has 2 aromatic carbocycles. The predicted octanol–water partition coefficient (Wildman–Crippen LogP) is 3.64. The molecule has 1 aliphatic heterocycles. The van der Waals surface area contributed by atoms with Gasteiger partial charge in [-0.1, -0.05) is 45.0 Å². The van der Waals surface area contributed by atoms with Crippen molar-refractivity contribution in [2.45, 2.75) is 44.0 Å².